The zero-order valence-electron chi connectivity index (χ0n) is 14.0. The number of nitrogens with one attached hydrogen (secondary N) is 2. The third-order valence-electron chi connectivity index (χ3n) is 3.81. The van der Waals surface area contributed by atoms with Crippen molar-refractivity contribution in [1.82, 2.24) is 10.2 Å². The van der Waals surface area contributed by atoms with Gasteiger partial charge in [-0.1, -0.05) is 6.07 Å². The van der Waals surface area contributed by atoms with Crippen molar-refractivity contribution in [2.24, 2.45) is 0 Å². The molecular formula is C17H26ClN3O3. The minimum Gasteiger partial charge on any atom is -0.383 e. The number of ether oxygens (including phenoxy) is 1. The second-order valence-corrected chi connectivity index (χ2v) is 5.65. The van der Waals surface area contributed by atoms with Crippen molar-refractivity contribution in [3.05, 3.63) is 29.8 Å². The first kappa shape index (κ1) is 20.4. The van der Waals surface area contributed by atoms with Gasteiger partial charge < -0.3 is 20.3 Å². The highest BCUT2D eigenvalue weighted by molar-refractivity contribution is 5.97. The van der Waals surface area contributed by atoms with E-state index in [2.05, 4.69) is 10.6 Å². The average Bonchev–Trinajstić information content (AvgIpc) is 2.59. The number of hydrogen-bond donors (Lipinski definition) is 2. The van der Waals surface area contributed by atoms with Crippen LogP contribution < -0.4 is 10.6 Å². The van der Waals surface area contributed by atoms with E-state index >= 15 is 0 Å². The molecule has 0 radical (unpaired) electrons. The molecule has 2 N–H and O–H groups in total. The summed E-state index contributed by atoms with van der Waals surface area (Å²) < 4.78 is 4.91. The number of hydrogen-bond acceptors (Lipinski definition) is 4. The number of halogens is 1. The summed E-state index contributed by atoms with van der Waals surface area (Å²) in [5, 5.41) is 5.79. The van der Waals surface area contributed by atoms with Gasteiger partial charge in [0, 0.05) is 38.0 Å². The zero-order valence-corrected chi connectivity index (χ0v) is 14.9. The molecule has 6 nitrogen and oxygen atoms in total. The van der Waals surface area contributed by atoms with Gasteiger partial charge in [0.25, 0.3) is 5.91 Å². The van der Waals surface area contributed by atoms with Crippen LogP contribution in [-0.4, -0.2) is 56.6 Å². The standard InChI is InChI=1S/C17H25N3O3.ClH/c1-23-11-8-18-13-16(21)19-15-7-5-6-14(12-15)17(22)20-9-3-2-4-10-20;/h5-7,12,18H,2-4,8-11,13H2,1H3,(H,19,21);1H. The number of benzene rings is 1. The fourth-order valence-electron chi connectivity index (χ4n) is 2.59. The van der Waals surface area contributed by atoms with E-state index in [0.29, 0.717) is 24.4 Å². The minimum atomic E-state index is -0.135. The fourth-order valence-corrected chi connectivity index (χ4v) is 2.59. The summed E-state index contributed by atoms with van der Waals surface area (Å²) in [6.07, 6.45) is 3.32. The van der Waals surface area contributed by atoms with Gasteiger partial charge in [-0.25, -0.2) is 0 Å². The van der Waals surface area contributed by atoms with Crippen LogP contribution in [0.4, 0.5) is 5.69 Å². The highest BCUT2D eigenvalue weighted by Crippen LogP contribution is 2.16. The molecule has 0 saturated carbocycles. The maximum Gasteiger partial charge on any atom is 0.253 e. The zero-order chi connectivity index (χ0) is 16.5. The van der Waals surface area contributed by atoms with E-state index in [4.69, 9.17) is 4.74 Å². The lowest BCUT2D eigenvalue weighted by Crippen LogP contribution is -2.35. The first-order valence-electron chi connectivity index (χ1n) is 8.09. The summed E-state index contributed by atoms with van der Waals surface area (Å²) in [6, 6.07) is 7.12. The van der Waals surface area contributed by atoms with Crippen LogP contribution in [0.2, 0.25) is 0 Å². The van der Waals surface area contributed by atoms with Gasteiger partial charge in [-0.05, 0) is 37.5 Å². The van der Waals surface area contributed by atoms with E-state index in [1.54, 1.807) is 31.4 Å². The van der Waals surface area contributed by atoms with E-state index in [1.165, 1.54) is 6.42 Å². The molecule has 0 bridgehead atoms. The largest absolute Gasteiger partial charge is 0.383 e. The lowest BCUT2D eigenvalue weighted by molar-refractivity contribution is -0.115. The van der Waals surface area contributed by atoms with Crippen LogP contribution in [0, 0.1) is 0 Å². The Morgan fingerprint density at radius 1 is 1.21 bits per heavy atom. The SMILES string of the molecule is COCCNCC(=O)Nc1cccc(C(=O)N2CCCCC2)c1.Cl. The van der Waals surface area contributed by atoms with Crippen molar-refractivity contribution in [3.8, 4) is 0 Å². The molecule has 0 unspecified atom stereocenters. The van der Waals surface area contributed by atoms with Crippen LogP contribution in [0.15, 0.2) is 24.3 Å². The monoisotopic (exact) mass is 355 g/mol. The summed E-state index contributed by atoms with van der Waals surface area (Å²) in [4.78, 5) is 26.2. The molecule has 0 atom stereocenters. The quantitative estimate of drug-likeness (QED) is 0.733. The van der Waals surface area contributed by atoms with Gasteiger partial charge in [-0.3, -0.25) is 9.59 Å². The Balaban J connectivity index is 0.00000288. The Hall–Kier alpha value is -1.63. The molecule has 1 heterocycles. The lowest BCUT2D eigenvalue weighted by atomic mass is 10.1. The highest BCUT2D eigenvalue weighted by Gasteiger charge is 2.18. The van der Waals surface area contributed by atoms with Gasteiger partial charge in [0.15, 0.2) is 0 Å². The molecule has 0 aromatic heterocycles. The smallest absolute Gasteiger partial charge is 0.253 e. The maximum atomic E-state index is 12.5. The molecule has 24 heavy (non-hydrogen) atoms. The number of likely N-dealkylation sites (tertiary alicyclic amines) is 1. The van der Waals surface area contributed by atoms with Gasteiger partial charge in [0.2, 0.25) is 5.91 Å². The molecule has 2 amide bonds. The molecule has 0 spiro atoms. The van der Waals surface area contributed by atoms with E-state index in [9.17, 15) is 9.59 Å². The third-order valence-corrected chi connectivity index (χ3v) is 3.81. The van der Waals surface area contributed by atoms with Crippen molar-refractivity contribution in [2.45, 2.75) is 19.3 Å². The number of methoxy groups -OCH3 is 1. The van der Waals surface area contributed by atoms with Gasteiger partial charge >= 0.3 is 0 Å². The Morgan fingerprint density at radius 2 is 1.96 bits per heavy atom. The highest BCUT2D eigenvalue weighted by atomic mass is 35.5. The molecule has 1 saturated heterocycles. The topological polar surface area (TPSA) is 70.7 Å². The molecule has 1 aromatic carbocycles. The van der Waals surface area contributed by atoms with Crippen molar-refractivity contribution in [3.63, 3.8) is 0 Å². The van der Waals surface area contributed by atoms with Gasteiger partial charge in [0.05, 0.1) is 13.2 Å². The Labute approximate surface area is 149 Å². The summed E-state index contributed by atoms with van der Waals surface area (Å²) in [6.45, 7) is 3.04. The molecular weight excluding hydrogens is 330 g/mol. The van der Waals surface area contributed by atoms with Crippen LogP contribution in [0.5, 0.6) is 0 Å². The first-order valence-corrected chi connectivity index (χ1v) is 8.09. The van der Waals surface area contributed by atoms with Crippen molar-refractivity contribution in [2.75, 3.05) is 45.2 Å². The number of carbonyl (C=O) groups is 2. The molecule has 1 fully saturated rings. The molecule has 7 heteroatoms. The fraction of sp³-hybridized carbons (Fsp3) is 0.529. The van der Waals surface area contributed by atoms with Crippen LogP contribution in [0.25, 0.3) is 0 Å². The first-order chi connectivity index (χ1) is 11.2. The van der Waals surface area contributed by atoms with E-state index < -0.39 is 0 Å². The number of nitrogens with zero attached hydrogens (tertiary/aromatic N) is 1. The van der Waals surface area contributed by atoms with Crippen molar-refractivity contribution >= 4 is 29.9 Å². The van der Waals surface area contributed by atoms with Crippen molar-refractivity contribution in [1.29, 1.82) is 0 Å². The van der Waals surface area contributed by atoms with Crippen LogP contribution in [0.1, 0.15) is 29.6 Å². The summed E-state index contributed by atoms with van der Waals surface area (Å²) in [5.41, 5.74) is 1.27. The van der Waals surface area contributed by atoms with Crippen LogP contribution in [0.3, 0.4) is 0 Å². The molecule has 2 rings (SSSR count). The maximum absolute atomic E-state index is 12.5. The normalized spacial score (nSPS) is 14.0. The average molecular weight is 356 g/mol. The van der Waals surface area contributed by atoms with Crippen molar-refractivity contribution < 1.29 is 14.3 Å². The van der Waals surface area contributed by atoms with Crippen LogP contribution >= 0.6 is 12.4 Å². The van der Waals surface area contributed by atoms with Gasteiger partial charge in [0.1, 0.15) is 0 Å². The Bertz CT molecular complexity index is 534. The summed E-state index contributed by atoms with van der Waals surface area (Å²) in [5.74, 6) is -0.0947. The second kappa shape index (κ2) is 11.0. The summed E-state index contributed by atoms with van der Waals surface area (Å²) >= 11 is 0. The van der Waals surface area contributed by atoms with E-state index in [-0.39, 0.29) is 30.8 Å². The van der Waals surface area contributed by atoms with Gasteiger partial charge in [-0.2, -0.15) is 0 Å². The van der Waals surface area contributed by atoms with E-state index in [1.807, 2.05) is 4.90 Å². The third kappa shape index (κ3) is 6.47. The van der Waals surface area contributed by atoms with Crippen LogP contribution in [-0.2, 0) is 9.53 Å². The van der Waals surface area contributed by atoms with E-state index in [0.717, 1.165) is 25.9 Å². The second-order valence-electron chi connectivity index (χ2n) is 5.65. The molecule has 1 aromatic rings. The predicted molar refractivity (Wildman–Crippen MR) is 96.8 cm³/mol. The number of rotatable bonds is 7. The van der Waals surface area contributed by atoms with Gasteiger partial charge in [-0.15, -0.1) is 12.4 Å². The molecule has 1 aliphatic rings. The predicted octanol–water partition coefficient (Wildman–Crippen LogP) is 1.91. The summed E-state index contributed by atoms with van der Waals surface area (Å²) in [7, 11) is 1.62. The number of carbonyl (C=O) groups excluding carboxylic acids is 2. The minimum absolute atomic E-state index is 0. The Morgan fingerprint density at radius 3 is 2.67 bits per heavy atom. The molecule has 1 aliphatic heterocycles. The Kier molecular flexibility index (Phi) is 9.37. The number of anilines is 1. The molecule has 0 aliphatic carbocycles. The lowest BCUT2D eigenvalue weighted by Gasteiger charge is -2.26. The molecule has 134 valence electrons. The number of amides is 2. The number of piperidine rings is 1.